The number of aromatic hydroxyl groups is 1. The summed E-state index contributed by atoms with van der Waals surface area (Å²) in [6, 6.07) is 7.72. The molecule has 3 N–H and O–H groups in total. The fourth-order valence-electron chi connectivity index (χ4n) is 3.28. The van der Waals surface area contributed by atoms with Crippen molar-refractivity contribution in [2.45, 2.75) is 6.42 Å². The molecule has 4 heterocycles. The van der Waals surface area contributed by atoms with E-state index in [1.807, 2.05) is 18.3 Å². The minimum Gasteiger partial charge on any atom is -0.507 e. The maximum absolute atomic E-state index is 10.5. The van der Waals surface area contributed by atoms with Crippen LogP contribution in [0.2, 0.25) is 0 Å². The first-order valence-electron chi connectivity index (χ1n) is 8.77. The van der Waals surface area contributed by atoms with Gasteiger partial charge in [-0.2, -0.15) is 5.10 Å². The molecule has 0 aliphatic carbocycles. The Labute approximate surface area is 159 Å². The predicted octanol–water partition coefficient (Wildman–Crippen LogP) is 3.83. The molecule has 134 valence electrons. The lowest BCUT2D eigenvalue weighted by atomic mass is 10.1. The number of aromatic amines is 1. The highest BCUT2D eigenvalue weighted by atomic mass is 32.1. The van der Waals surface area contributed by atoms with Gasteiger partial charge in [-0.15, -0.1) is 11.3 Å². The molecule has 1 aliphatic rings. The van der Waals surface area contributed by atoms with Crippen LogP contribution in [-0.4, -0.2) is 38.4 Å². The Balaban J connectivity index is 1.52. The molecule has 1 aliphatic heterocycles. The van der Waals surface area contributed by atoms with Crippen LogP contribution < -0.4 is 5.32 Å². The van der Waals surface area contributed by atoms with Gasteiger partial charge in [0.15, 0.2) is 0 Å². The Hall–Kier alpha value is -3.03. The first kappa shape index (κ1) is 16.2. The van der Waals surface area contributed by atoms with Crippen LogP contribution in [0.1, 0.15) is 12.1 Å². The van der Waals surface area contributed by atoms with Crippen molar-refractivity contribution >= 4 is 27.1 Å². The normalized spacial score (nSPS) is 14.4. The van der Waals surface area contributed by atoms with E-state index in [0.717, 1.165) is 57.1 Å². The van der Waals surface area contributed by atoms with Crippen LogP contribution in [0.5, 0.6) is 5.75 Å². The quantitative estimate of drug-likeness (QED) is 0.507. The van der Waals surface area contributed by atoms with Crippen LogP contribution in [-0.2, 0) is 0 Å². The summed E-state index contributed by atoms with van der Waals surface area (Å²) in [6.07, 6.45) is 8.54. The average Bonchev–Trinajstić information content (AvgIpc) is 3.38. The number of nitrogens with one attached hydrogen (secondary N) is 2. The Morgan fingerprint density at radius 3 is 2.85 bits per heavy atom. The van der Waals surface area contributed by atoms with E-state index in [9.17, 15) is 5.11 Å². The summed E-state index contributed by atoms with van der Waals surface area (Å²) in [5, 5.41) is 21.4. The average molecular weight is 375 g/mol. The van der Waals surface area contributed by atoms with Crippen molar-refractivity contribution in [2.75, 3.05) is 13.1 Å². The lowest BCUT2D eigenvalue weighted by Crippen LogP contribution is -2.20. The van der Waals surface area contributed by atoms with E-state index in [-0.39, 0.29) is 5.75 Å². The van der Waals surface area contributed by atoms with E-state index < -0.39 is 0 Å². The molecule has 0 unspecified atom stereocenters. The minimum absolute atomic E-state index is 0.210. The van der Waals surface area contributed by atoms with E-state index in [0.29, 0.717) is 0 Å². The van der Waals surface area contributed by atoms with Crippen LogP contribution in [0.15, 0.2) is 48.9 Å². The molecule has 0 bridgehead atoms. The monoisotopic (exact) mass is 375 g/mol. The van der Waals surface area contributed by atoms with Gasteiger partial charge in [-0.25, -0.2) is 4.98 Å². The lowest BCUT2D eigenvalue weighted by Gasteiger charge is -2.13. The summed E-state index contributed by atoms with van der Waals surface area (Å²) in [4.78, 5) is 9.25. The van der Waals surface area contributed by atoms with E-state index in [2.05, 4.69) is 37.6 Å². The van der Waals surface area contributed by atoms with Gasteiger partial charge in [0.2, 0.25) is 0 Å². The molecule has 5 rings (SSSR count). The van der Waals surface area contributed by atoms with E-state index >= 15 is 0 Å². The van der Waals surface area contributed by atoms with Crippen LogP contribution in [0, 0.1) is 0 Å². The SMILES string of the molecule is Oc1cc(-c2cn[nH]c2)ccc1-c1nc2cnc(C3=CCNCC3)cc2s1. The summed E-state index contributed by atoms with van der Waals surface area (Å²) in [5.41, 5.74) is 5.72. The second kappa shape index (κ2) is 6.61. The Kier molecular flexibility index (Phi) is 3.95. The van der Waals surface area contributed by atoms with Gasteiger partial charge in [-0.1, -0.05) is 12.1 Å². The Morgan fingerprint density at radius 1 is 1.11 bits per heavy atom. The number of nitrogens with zero attached hydrogens (tertiary/aromatic N) is 3. The Bertz CT molecular complexity index is 1150. The smallest absolute Gasteiger partial charge is 0.128 e. The maximum Gasteiger partial charge on any atom is 0.128 e. The van der Waals surface area contributed by atoms with Crippen molar-refractivity contribution in [1.82, 2.24) is 25.5 Å². The van der Waals surface area contributed by atoms with Crippen LogP contribution >= 0.6 is 11.3 Å². The van der Waals surface area contributed by atoms with Gasteiger partial charge >= 0.3 is 0 Å². The highest BCUT2D eigenvalue weighted by Gasteiger charge is 2.14. The molecule has 6 nitrogen and oxygen atoms in total. The van der Waals surface area contributed by atoms with Crippen molar-refractivity contribution in [3.05, 3.63) is 54.6 Å². The molecule has 0 fully saturated rings. The number of hydrogen-bond acceptors (Lipinski definition) is 6. The van der Waals surface area contributed by atoms with E-state index in [4.69, 9.17) is 0 Å². The van der Waals surface area contributed by atoms with Crippen molar-refractivity contribution in [1.29, 1.82) is 0 Å². The van der Waals surface area contributed by atoms with Crippen LogP contribution in [0.25, 0.3) is 37.5 Å². The molecule has 0 saturated heterocycles. The van der Waals surface area contributed by atoms with Gasteiger partial charge in [0.05, 0.1) is 28.4 Å². The molecular formula is C20H17N5OS. The summed E-state index contributed by atoms with van der Waals surface area (Å²) in [7, 11) is 0. The van der Waals surface area contributed by atoms with Crippen LogP contribution in [0.4, 0.5) is 0 Å². The molecule has 0 atom stereocenters. The number of fused-ring (bicyclic) bond motifs is 1. The molecule has 0 radical (unpaired) electrons. The zero-order chi connectivity index (χ0) is 18.2. The van der Waals surface area contributed by atoms with Crippen molar-refractivity contribution in [3.8, 4) is 27.4 Å². The second-order valence-corrected chi connectivity index (χ2v) is 7.49. The van der Waals surface area contributed by atoms with Gasteiger partial charge in [-0.3, -0.25) is 10.1 Å². The molecule has 1 aromatic carbocycles. The highest BCUT2D eigenvalue weighted by Crippen LogP contribution is 2.37. The number of hydrogen-bond donors (Lipinski definition) is 3. The molecule has 0 spiro atoms. The maximum atomic E-state index is 10.5. The van der Waals surface area contributed by atoms with Gasteiger partial charge in [0.1, 0.15) is 16.3 Å². The largest absolute Gasteiger partial charge is 0.507 e. The standard InChI is InChI=1S/C20H17N5OS/c26-18-7-13(14-9-23-24-10-14)1-2-15(18)20-25-17-11-22-16(8-19(17)27-20)12-3-5-21-6-4-12/h1-3,7-11,21,26H,4-6H2,(H,23,24). The number of aromatic nitrogens is 4. The summed E-state index contributed by atoms with van der Waals surface area (Å²) in [5.74, 6) is 0.210. The summed E-state index contributed by atoms with van der Waals surface area (Å²) in [6.45, 7) is 1.87. The highest BCUT2D eigenvalue weighted by molar-refractivity contribution is 7.21. The molecule has 3 aromatic heterocycles. The number of phenols is 1. The van der Waals surface area contributed by atoms with E-state index in [1.54, 1.807) is 29.8 Å². The number of thiazole rings is 1. The lowest BCUT2D eigenvalue weighted by molar-refractivity contribution is 0.477. The van der Waals surface area contributed by atoms with Gasteiger partial charge in [0.25, 0.3) is 0 Å². The summed E-state index contributed by atoms with van der Waals surface area (Å²) >= 11 is 1.57. The number of rotatable bonds is 3. The number of pyridine rings is 1. The third-order valence-corrected chi connectivity index (χ3v) is 5.78. The molecule has 27 heavy (non-hydrogen) atoms. The number of H-pyrrole nitrogens is 1. The minimum atomic E-state index is 0.210. The van der Waals surface area contributed by atoms with Gasteiger partial charge in [0, 0.05) is 18.3 Å². The molecule has 0 saturated carbocycles. The van der Waals surface area contributed by atoms with Crippen molar-refractivity contribution in [2.24, 2.45) is 0 Å². The molecule has 7 heteroatoms. The number of phenolic OH excluding ortho intramolecular Hbond substituents is 1. The zero-order valence-corrected chi connectivity index (χ0v) is 15.3. The zero-order valence-electron chi connectivity index (χ0n) is 14.4. The fourth-order valence-corrected chi connectivity index (χ4v) is 4.29. The third-order valence-electron chi connectivity index (χ3n) is 4.73. The second-order valence-electron chi connectivity index (χ2n) is 6.46. The molecule has 4 aromatic rings. The topological polar surface area (TPSA) is 86.7 Å². The third kappa shape index (κ3) is 3.01. The summed E-state index contributed by atoms with van der Waals surface area (Å²) < 4.78 is 1.08. The number of benzene rings is 1. The van der Waals surface area contributed by atoms with Gasteiger partial charge < -0.3 is 10.4 Å². The predicted molar refractivity (Wildman–Crippen MR) is 108 cm³/mol. The van der Waals surface area contributed by atoms with Gasteiger partial charge in [-0.05, 0) is 42.3 Å². The molecular weight excluding hydrogens is 358 g/mol. The molecule has 0 amide bonds. The first-order valence-corrected chi connectivity index (χ1v) is 9.59. The van der Waals surface area contributed by atoms with Crippen molar-refractivity contribution in [3.63, 3.8) is 0 Å². The van der Waals surface area contributed by atoms with Crippen LogP contribution in [0.3, 0.4) is 0 Å². The Morgan fingerprint density at radius 2 is 2.07 bits per heavy atom. The fraction of sp³-hybridized carbons (Fsp3) is 0.150. The van der Waals surface area contributed by atoms with Crippen molar-refractivity contribution < 1.29 is 5.11 Å². The first-order chi connectivity index (χ1) is 13.3. The van der Waals surface area contributed by atoms with E-state index in [1.165, 1.54) is 5.57 Å².